The largest absolute Gasteiger partial charge is 0.356 e. The maximum Gasteiger partial charge on any atom is 0.257 e. The van der Waals surface area contributed by atoms with Gasteiger partial charge in [0.25, 0.3) is 5.89 Å². The van der Waals surface area contributed by atoms with Crippen molar-refractivity contribution in [1.29, 1.82) is 0 Å². The van der Waals surface area contributed by atoms with Gasteiger partial charge in [-0.15, -0.1) is 35.3 Å². The third-order valence-corrected chi connectivity index (χ3v) is 5.08. The predicted octanol–water partition coefficient (Wildman–Crippen LogP) is 3.63. The maximum atomic E-state index is 5.28. The van der Waals surface area contributed by atoms with Gasteiger partial charge in [-0.05, 0) is 31.0 Å². The van der Waals surface area contributed by atoms with Crippen LogP contribution in [0.4, 0.5) is 0 Å². The van der Waals surface area contributed by atoms with Gasteiger partial charge in [0.05, 0.1) is 10.7 Å². The van der Waals surface area contributed by atoms with Crippen molar-refractivity contribution in [2.24, 2.45) is 4.99 Å². The highest BCUT2D eigenvalue weighted by atomic mass is 127. The number of nitrogens with zero attached hydrogens (tertiary/aromatic N) is 4. The van der Waals surface area contributed by atoms with Crippen molar-refractivity contribution in [3.05, 3.63) is 51.7 Å². The SMILES string of the molecule is CCc1noc(-c2ccc(CCNC(=NC)NCCc3csc(C)n3)cc2)n1.I. The Morgan fingerprint density at radius 3 is 2.41 bits per heavy atom. The van der Waals surface area contributed by atoms with Crippen molar-refractivity contribution < 1.29 is 4.52 Å². The number of rotatable bonds is 8. The van der Waals surface area contributed by atoms with E-state index in [9.17, 15) is 0 Å². The van der Waals surface area contributed by atoms with Gasteiger partial charge >= 0.3 is 0 Å². The van der Waals surface area contributed by atoms with Crippen LogP contribution in [0.1, 0.15) is 29.0 Å². The molecule has 0 fully saturated rings. The first kappa shape index (κ1) is 23.3. The molecule has 3 aromatic rings. The molecule has 0 atom stereocenters. The van der Waals surface area contributed by atoms with Crippen LogP contribution in [0.15, 0.2) is 39.2 Å². The number of guanidine groups is 1. The van der Waals surface area contributed by atoms with E-state index >= 15 is 0 Å². The van der Waals surface area contributed by atoms with E-state index in [-0.39, 0.29) is 24.0 Å². The van der Waals surface area contributed by atoms with Crippen LogP contribution >= 0.6 is 35.3 Å². The van der Waals surface area contributed by atoms with E-state index in [1.54, 1.807) is 18.4 Å². The number of aryl methyl sites for hydroxylation is 2. The Morgan fingerprint density at radius 1 is 1.10 bits per heavy atom. The zero-order chi connectivity index (χ0) is 19.8. The fraction of sp³-hybridized carbons (Fsp3) is 0.400. The van der Waals surface area contributed by atoms with E-state index in [2.05, 4.69) is 48.3 Å². The van der Waals surface area contributed by atoms with Crippen LogP contribution in [0.25, 0.3) is 11.5 Å². The minimum Gasteiger partial charge on any atom is -0.356 e. The van der Waals surface area contributed by atoms with Gasteiger partial charge in [-0.1, -0.05) is 24.2 Å². The molecule has 0 spiro atoms. The van der Waals surface area contributed by atoms with Crippen molar-refractivity contribution >= 4 is 41.3 Å². The Hall–Kier alpha value is -2.01. The van der Waals surface area contributed by atoms with Gasteiger partial charge in [-0.2, -0.15) is 4.98 Å². The number of nitrogens with one attached hydrogen (secondary N) is 2. The molecule has 0 aliphatic heterocycles. The Bertz CT molecular complexity index is 906. The summed E-state index contributed by atoms with van der Waals surface area (Å²) in [4.78, 5) is 13.1. The Labute approximate surface area is 192 Å². The third kappa shape index (κ3) is 7.07. The van der Waals surface area contributed by atoms with Gasteiger partial charge in [-0.25, -0.2) is 4.98 Å². The Balaban J connectivity index is 0.00000300. The van der Waals surface area contributed by atoms with Crippen molar-refractivity contribution in [1.82, 2.24) is 25.8 Å². The Kier molecular flexibility index (Phi) is 9.52. The maximum absolute atomic E-state index is 5.28. The lowest BCUT2D eigenvalue weighted by Crippen LogP contribution is -2.39. The quantitative estimate of drug-likeness (QED) is 0.265. The normalized spacial score (nSPS) is 11.2. The molecule has 0 aliphatic rings. The first-order valence-corrected chi connectivity index (χ1v) is 10.3. The average molecular weight is 526 g/mol. The van der Waals surface area contributed by atoms with Crippen LogP contribution in [0.3, 0.4) is 0 Å². The summed E-state index contributed by atoms with van der Waals surface area (Å²) in [5.41, 5.74) is 3.30. The molecule has 1 aromatic carbocycles. The molecule has 156 valence electrons. The van der Waals surface area contributed by atoms with Gasteiger partial charge in [0.1, 0.15) is 0 Å². The first-order valence-electron chi connectivity index (χ1n) is 9.45. The summed E-state index contributed by atoms with van der Waals surface area (Å²) < 4.78 is 5.28. The lowest BCUT2D eigenvalue weighted by molar-refractivity contribution is 0.423. The average Bonchev–Trinajstić information content (AvgIpc) is 3.36. The number of halogens is 1. The highest BCUT2D eigenvalue weighted by Gasteiger charge is 2.07. The van der Waals surface area contributed by atoms with Gasteiger partial charge in [0.2, 0.25) is 0 Å². The minimum absolute atomic E-state index is 0. The summed E-state index contributed by atoms with van der Waals surface area (Å²) in [5.74, 6) is 2.11. The number of aromatic nitrogens is 3. The molecule has 0 amide bonds. The van der Waals surface area contributed by atoms with Crippen LogP contribution in [0, 0.1) is 6.92 Å². The second kappa shape index (κ2) is 11.9. The molecule has 0 radical (unpaired) electrons. The number of thiazole rings is 1. The third-order valence-electron chi connectivity index (χ3n) is 4.26. The summed E-state index contributed by atoms with van der Waals surface area (Å²) in [6.45, 7) is 5.64. The van der Waals surface area contributed by atoms with Crippen LogP contribution in [-0.2, 0) is 19.3 Å². The molecule has 2 aromatic heterocycles. The van der Waals surface area contributed by atoms with Crippen molar-refractivity contribution in [3.63, 3.8) is 0 Å². The molecule has 0 unspecified atom stereocenters. The van der Waals surface area contributed by atoms with E-state index in [0.29, 0.717) is 5.89 Å². The second-order valence-electron chi connectivity index (χ2n) is 6.35. The molecule has 0 bridgehead atoms. The van der Waals surface area contributed by atoms with Crippen LogP contribution in [0.5, 0.6) is 0 Å². The van der Waals surface area contributed by atoms with Crippen LogP contribution in [0.2, 0.25) is 0 Å². The highest BCUT2D eigenvalue weighted by molar-refractivity contribution is 14.0. The van der Waals surface area contributed by atoms with Gasteiger partial charge < -0.3 is 15.2 Å². The number of aliphatic imine (C=N–C) groups is 1. The van der Waals surface area contributed by atoms with Crippen molar-refractivity contribution in [2.75, 3.05) is 20.1 Å². The molecule has 0 saturated carbocycles. The van der Waals surface area contributed by atoms with E-state index in [1.165, 1.54) is 5.56 Å². The molecule has 0 aliphatic carbocycles. The fourth-order valence-corrected chi connectivity index (χ4v) is 3.35. The minimum atomic E-state index is 0. The predicted molar refractivity (Wildman–Crippen MR) is 128 cm³/mol. The van der Waals surface area contributed by atoms with E-state index in [4.69, 9.17) is 4.52 Å². The first-order chi connectivity index (χ1) is 13.7. The number of benzene rings is 1. The monoisotopic (exact) mass is 526 g/mol. The highest BCUT2D eigenvalue weighted by Crippen LogP contribution is 2.18. The van der Waals surface area contributed by atoms with Crippen LogP contribution < -0.4 is 10.6 Å². The lowest BCUT2D eigenvalue weighted by Gasteiger charge is -2.11. The second-order valence-corrected chi connectivity index (χ2v) is 7.41. The summed E-state index contributed by atoms with van der Waals surface area (Å²) in [5, 5.41) is 13.8. The molecular formula is C20H27IN6OS. The van der Waals surface area contributed by atoms with Crippen molar-refractivity contribution in [3.8, 4) is 11.5 Å². The fourth-order valence-electron chi connectivity index (χ4n) is 2.71. The molecule has 2 heterocycles. The summed E-state index contributed by atoms with van der Waals surface area (Å²) >= 11 is 1.68. The molecule has 9 heteroatoms. The van der Waals surface area contributed by atoms with Gasteiger partial charge in [-0.3, -0.25) is 4.99 Å². The van der Waals surface area contributed by atoms with E-state index in [1.807, 2.05) is 26.0 Å². The standard InChI is InChI=1S/C20H26N6OS.HI/c1-4-18-25-19(27-26-18)16-7-5-15(6-8-16)9-11-22-20(21-3)23-12-10-17-13-28-14(2)24-17;/h5-8,13H,4,9-12H2,1-3H3,(H2,21,22,23);1H. The molecule has 7 nitrogen and oxygen atoms in total. The summed E-state index contributed by atoms with van der Waals surface area (Å²) in [6, 6.07) is 8.22. The lowest BCUT2D eigenvalue weighted by atomic mass is 10.1. The topological polar surface area (TPSA) is 88.2 Å². The molecular weight excluding hydrogens is 499 g/mol. The summed E-state index contributed by atoms with van der Waals surface area (Å²) in [6.07, 6.45) is 2.56. The molecule has 2 N–H and O–H groups in total. The zero-order valence-electron chi connectivity index (χ0n) is 16.9. The van der Waals surface area contributed by atoms with E-state index in [0.717, 1.165) is 60.4 Å². The smallest absolute Gasteiger partial charge is 0.257 e. The number of hydrogen-bond donors (Lipinski definition) is 2. The van der Waals surface area contributed by atoms with Crippen LogP contribution in [-0.4, -0.2) is 41.2 Å². The van der Waals surface area contributed by atoms with Gasteiger partial charge in [0, 0.05) is 43.9 Å². The van der Waals surface area contributed by atoms with E-state index < -0.39 is 0 Å². The zero-order valence-corrected chi connectivity index (χ0v) is 20.1. The van der Waals surface area contributed by atoms with Gasteiger partial charge in [0.15, 0.2) is 11.8 Å². The molecule has 3 rings (SSSR count). The Morgan fingerprint density at radius 2 is 1.83 bits per heavy atom. The molecule has 29 heavy (non-hydrogen) atoms. The molecule has 0 saturated heterocycles. The van der Waals surface area contributed by atoms with Crippen molar-refractivity contribution in [2.45, 2.75) is 33.1 Å². The number of hydrogen-bond acceptors (Lipinski definition) is 6. The summed E-state index contributed by atoms with van der Waals surface area (Å²) in [7, 11) is 1.78.